The van der Waals surface area contributed by atoms with Crippen LogP contribution in [-0.4, -0.2) is 5.91 Å². The van der Waals surface area contributed by atoms with Gasteiger partial charge >= 0.3 is 0 Å². The number of amides is 1. The van der Waals surface area contributed by atoms with E-state index in [1.54, 1.807) is 0 Å². The highest BCUT2D eigenvalue weighted by molar-refractivity contribution is 7.12. The Hall–Kier alpha value is -1.61. The molecule has 1 amide bonds. The van der Waals surface area contributed by atoms with E-state index in [4.69, 9.17) is 0 Å². The summed E-state index contributed by atoms with van der Waals surface area (Å²) in [6.45, 7) is 4.39. The molecule has 0 saturated carbocycles. The standard InChI is InChI=1S/C15H17NOS/c1-3-11(2)12-6-8-13(9-7-12)16-15(17)14-5-4-10-18-14/h4-11H,3H2,1-2H3,(H,16,17)/t11-/m1/s1. The minimum atomic E-state index is -0.0405. The van der Waals surface area contributed by atoms with E-state index in [1.807, 2.05) is 29.6 Å². The molecule has 1 N–H and O–H groups in total. The summed E-state index contributed by atoms with van der Waals surface area (Å²) in [5.74, 6) is 0.522. The van der Waals surface area contributed by atoms with Crippen molar-refractivity contribution in [2.24, 2.45) is 0 Å². The van der Waals surface area contributed by atoms with Crippen LogP contribution in [0, 0.1) is 0 Å². The lowest BCUT2D eigenvalue weighted by Gasteiger charge is -2.10. The fraction of sp³-hybridized carbons (Fsp3) is 0.267. The number of hydrogen-bond donors (Lipinski definition) is 1. The summed E-state index contributed by atoms with van der Waals surface area (Å²) in [4.78, 5) is 12.6. The minimum Gasteiger partial charge on any atom is -0.321 e. The van der Waals surface area contributed by atoms with E-state index in [1.165, 1.54) is 16.9 Å². The Balaban J connectivity index is 2.04. The van der Waals surface area contributed by atoms with Gasteiger partial charge in [-0.25, -0.2) is 0 Å². The van der Waals surface area contributed by atoms with Gasteiger partial charge in [-0.05, 0) is 41.5 Å². The molecule has 0 fully saturated rings. The van der Waals surface area contributed by atoms with Crippen LogP contribution in [0.3, 0.4) is 0 Å². The van der Waals surface area contributed by atoms with Gasteiger partial charge in [0.15, 0.2) is 0 Å². The molecule has 0 bridgehead atoms. The van der Waals surface area contributed by atoms with Crippen LogP contribution < -0.4 is 5.32 Å². The normalized spacial score (nSPS) is 12.1. The van der Waals surface area contributed by atoms with Gasteiger partial charge in [-0.1, -0.05) is 32.0 Å². The van der Waals surface area contributed by atoms with Crippen molar-refractivity contribution in [2.75, 3.05) is 5.32 Å². The summed E-state index contributed by atoms with van der Waals surface area (Å²) in [7, 11) is 0. The summed E-state index contributed by atoms with van der Waals surface area (Å²) in [5.41, 5.74) is 2.16. The third kappa shape index (κ3) is 2.99. The third-order valence-corrected chi connectivity index (χ3v) is 3.96. The maximum absolute atomic E-state index is 11.8. The molecule has 2 rings (SSSR count). The molecule has 0 aliphatic carbocycles. The van der Waals surface area contributed by atoms with Gasteiger partial charge in [0.1, 0.15) is 0 Å². The van der Waals surface area contributed by atoms with Gasteiger partial charge in [0.05, 0.1) is 4.88 Å². The first-order valence-electron chi connectivity index (χ1n) is 6.15. The molecule has 0 saturated heterocycles. The number of carbonyl (C=O) groups excluding carboxylic acids is 1. The Labute approximate surface area is 112 Å². The van der Waals surface area contributed by atoms with Gasteiger partial charge in [0.2, 0.25) is 0 Å². The molecule has 3 heteroatoms. The van der Waals surface area contributed by atoms with Crippen LogP contribution in [0.5, 0.6) is 0 Å². The van der Waals surface area contributed by atoms with Crippen LogP contribution in [0.4, 0.5) is 5.69 Å². The monoisotopic (exact) mass is 259 g/mol. The topological polar surface area (TPSA) is 29.1 Å². The maximum atomic E-state index is 11.8. The van der Waals surface area contributed by atoms with E-state index < -0.39 is 0 Å². The van der Waals surface area contributed by atoms with Crippen LogP contribution in [0.1, 0.15) is 41.4 Å². The second-order valence-electron chi connectivity index (χ2n) is 4.36. The summed E-state index contributed by atoms with van der Waals surface area (Å²) in [6, 6.07) is 11.8. The maximum Gasteiger partial charge on any atom is 0.265 e. The van der Waals surface area contributed by atoms with Crippen molar-refractivity contribution >= 4 is 22.9 Å². The van der Waals surface area contributed by atoms with Gasteiger partial charge in [-0.2, -0.15) is 0 Å². The molecule has 1 atom stereocenters. The Morgan fingerprint density at radius 3 is 2.56 bits per heavy atom. The largest absolute Gasteiger partial charge is 0.321 e. The first-order chi connectivity index (χ1) is 8.70. The smallest absolute Gasteiger partial charge is 0.265 e. The molecular formula is C15H17NOS. The van der Waals surface area contributed by atoms with E-state index >= 15 is 0 Å². The highest BCUT2D eigenvalue weighted by atomic mass is 32.1. The SMILES string of the molecule is CC[C@@H](C)c1ccc(NC(=O)c2cccs2)cc1. The van der Waals surface area contributed by atoms with E-state index in [0.717, 1.165) is 17.0 Å². The number of nitrogens with one attached hydrogen (secondary N) is 1. The number of benzene rings is 1. The van der Waals surface area contributed by atoms with E-state index in [0.29, 0.717) is 5.92 Å². The third-order valence-electron chi connectivity index (χ3n) is 3.09. The Bertz CT molecular complexity index is 502. The highest BCUT2D eigenvalue weighted by Gasteiger charge is 2.07. The molecule has 1 heterocycles. The van der Waals surface area contributed by atoms with Crippen molar-refractivity contribution in [3.8, 4) is 0 Å². The molecule has 0 aliphatic heterocycles. The van der Waals surface area contributed by atoms with Crippen LogP contribution >= 0.6 is 11.3 Å². The van der Waals surface area contributed by atoms with E-state index in [-0.39, 0.29) is 5.91 Å². The van der Waals surface area contributed by atoms with Crippen molar-refractivity contribution < 1.29 is 4.79 Å². The number of rotatable bonds is 4. The summed E-state index contributed by atoms with van der Waals surface area (Å²) < 4.78 is 0. The zero-order valence-electron chi connectivity index (χ0n) is 10.6. The molecule has 0 spiro atoms. The molecule has 0 aliphatic rings. The lowest BCUT2D eigenvalue weighted by molar-refractivity contribution is 0.103. The van der Waals surface area contributed by atoms with Crippen LogP contribution in [-0.2, 0) is 0 Å². The number of hydrogen-bond acceptors (Lipinski definition) is 2. The number of carbonyl (C=O) groups is 1. The van der Waals surface area contributed by atoms with Gasteiger partial charge in [-0.15, -0.1) is 11.3 Å². The molecule has 0 radical (unpaired) electrons. The van der Waals surface area contributed by atoms with E-state index in [2.05, 4.69) is 31.3 Å². The molecule has 0 unspecified atom stereocenters. The zero-order valence-corrected chi connectivity index (χ0v) is 11.5. The van der Waals surface area contributed by atoms with Crippen molar-refractivity contribution in [2.45, 2.75) is 26.2 Å². The van der Waals surface area contributed by atoms with Crippen molar-refractivity contribution in [3.63, 3.8) is 0 Å². The zero-order chi connectivity index (χ0) is 13.0. The number of thiophene rings is 1. The first kappa shape index (κ1) is 12.8. The van der Waals surface area contributed by atoms with Crippen molar-refractivity contribution in [3.05, 3.63) is 52.2 Å². The molecule has 18 heavy (non-hydrogen) atoms. The second-order valence-corrected chi connectivity index (χ2v) is 5.31. The highest BCUT2D eigenvalue weighted by Crippen LogP contribution is 2.21. The quantitative estimate of drug-likeness (QED) is 0.859. The molecule has 1 aromatic heterocycles. The number of anilines is 1. The predicted molar refractivity (Wildman–Crippen MR) is 77.4 cm³/mol. The fourth-order valence-electron chi connectivity index (χ4n) is 1.73. The van der Waals surface area contributed by atoms with Gasteiger partial charge in [-0.3, -0.25) is 4.79 Å². The van der Waals surface area contributed by atoms with E-state index in [9.17, 15) is 4.79 Å². The molecular weight excluding hydrogens is 242 g/mol. The van der Waals surface area contributed by atoms with Crippen molar-refractivity contribution in [1.29, 1.82) is 0 Å². The molecule has 1 aromatic carbocycles. The van der Waals surface area contributed by atoms with Crippen LogP contribution in [0.2, 0.25) is 0 Å². The van der Waals surface area contributed by atoms with Crippen LogP contribution in [0.15, 0.2) is 41.8 Å². The Morgan fingerprint density at radius 1 is 1.28 bits per heavy atom. The van der Waals surface area contributed by atoms with Gasteiger partial charge in [0, 0.05) is 5.69 Å². The lowest BCUT2D eigenvalue weighted by atomic mass is 9.99. The van der Waals surface area contributed by atoms with Gasteiger partial charge in [0.25, 0.3) is 5.91 Å². The lowest BCUT2D eigenvalue weighted by Crippen LogP contribution is -2.09. The average molecular weight is 259 g/mol. The van der Waals surface area contributed by atoms with Crippen molar-refractivity contribution in [1.82, 2.24) is 0 Å². The minimum absolute atomic E-state index is 0.0405. The summed E-state index contributed by atoms with van der Waals surface area (Å²) in [6.07, 6.45) is 1.13. The first-order valence-corrected chi connectivity index (χ1v) is 7.03. The molecule has 2 aromatic rings. The summed E-state index contributed by atoms with van der Waals surface area (Å²) >= 11 is 1.45. The van der Waals surface area contributed by atoms with Crippen LogP contribution in [0.25, 0.3) is 0 Å². The fourth-order valence-corrected chi connectivity index (χ4v) is 2.35. The van der Waals surface area contributed by atoms with Gasteiger partial charge < -0.3 is 5.32 Å². The predicted octanol–water partition coefficient (Wildman–Crippen LogP) is 4.51. The average Bonchev–Trinajstić information content (AvgIpc) is 2.92. The molecule has 2 nitrogen and oxygen atoms in total. The molecule has 94 valence electrons. The Morgan fingerprint density at radius 2 is 2.00 bits per heavy atom. The second kappa shape index (κ2) is 5.83. The summed E-state index contributed by atoms with van der Waals surface area (Å²) in [5, 5.41) is 4.80. The Kier molecular flexibility index (Phi) is 4.15.